The third-order valence-electron chi connectivity index (χ3n) is 3.29. The number of hydrogen-bond donors (Lipinski definition) is 1. The Balaban J connectivity index is 2.01. The average molecular weight is 260 g/mol. The molecule has 1 heterocycles. The number of alkyl halides is 1. The maximum Gasteiger partial charge on any atom is 0.142 e. The van der Waals surface area contributed by atoms with Crippen molar-refractivity contribution < 1.29 is 8.78 Å². The molecule has 1 fully saturated rings. The fourth-order valence-corrected chi connectivity index (χ4v) is 2.47. The van der Waals surface area contributed by atoms with Crippen molar-refractivity contribution in [2.45, 2.75) is 25.4 Å². The van der Waals surface area contributed by atoms with Gasteiger partial charge in [0.25, 0.3) is 0 Å². The first-order chi connectivity index (χ1) is 8.18. The second-order valence-electron chi connectivity index (χ2n) is 4.54. The van der Waals surface area contributed by atoms with E-state index in [0.717, 1.165) is 19.4 Å². The van der Waals surface area contributed by atoms with Crippen LogP contribution in [0.3, 0.4) is 0 Å². The van der Waals surface area contributed by atoms with Crippen LogP contribution in [0.2, 0.25) is 5.02 Å². The highest BCUT2D eigenvalue weighted by Gasteiger charge is 2.24. The fraction of sp³-hybridized carbons (Fsp3) is 0.538. The number of benzene rings is 1. The van der Waals surface area contributed by atoms with Crippen molar-refractivity contribution in [3.63, 3.8) is 0 Å². The molecule has 17 heavy (non-hydrogen) atoms. The number of halogens is 3. The molecule has 2 atom stereocenters. The van der Waals surface area contributed by atoms with Crippen LogP contribution < -0.4 is 5.32 Å². The molecule has 1 N–H and O–H groups in total. The highest BCUT2D eigenvalue weighted by molar-refractivity contribution is 6.31. The lowest BCUT2D eigenvalue weighted by Crippen LogP contribution is -2.35. The molecule has 0 aromatic heterocycles. The Labute approximate surface area is 105 Å². The molecular weight excluding hydrogens is 244 g/mol. The van der Waals surface area contributed by atoms with E-state index in [4.69, 9.17) is 11.6 Å². The Bertz CT molecular complexity index is 378. The van der Waals surface area contributed by atoms with Crippen molar-refractivity contribution in [2.24, 2.45) is 5.92 Å². The van der Waals surface area contributed by atoms with Crippen LogP contribution in [0.25, 0.3) is 0 Å². The molecule has 1 aliphatic heterocycles. The van der Waals surface area contributed by atoms with Gasteiger partial charge in [0.1, 0.15) is 12.0 Å². The van der Waals surface area contributed by atoms with Crippen LogP contribution in [0.4, 0.5) is 8.78 Å². The Morgan fingerprint density at radius 3 is 3.00 bits per heavy atom. The molecule has 1 aliphatic rings. The third kappa shape index (κ3) is 3.17. The van der Waals surface area contributed by atoms with E-state index in [1.807, 2.05) is 0 Å². The van der Waals surface area contributed by atoms with Crippen LogP contribution in [-0.2, 0) is 6.42 Å². The normalized spacial score (nSPS) is 22.4. The maximum atomic E-state index is 14.1. The van der Waals surface area contributed by atoms with Gasteiger partial charge in [-0.05, 0) is 31.0 Å². The lowest BCUT2D eigenvalue weighted by molar-refractivity contribution is 0.191. The van der Waals surface area contributed by atoms with Crippen LogP contribution in [0.1, 0.15) is 18.4 Å². The largest absolute Gasteiger partial charge is 0.316 e. The zero-order chi connectivity index (χ0) is 12.3. The average Bonchev–Trinajstić information content (AvgIpc) is 2.36. The maximum absolute atomic E-state index is 14.1. The first-order valence-electron chi connectivity index (χ1n) is 5.96. The van der Waals surface area contributed by atoms with Gasteiger partial charge in [0, 0.05) is 18.9 Å². The van der Waals surface area contributed by atoms with Gasteiger partial charge in [0.15, 0.2) is 0 Å². The summed E-state index contributed by atoms with van der Waals surface area (Å²) in [7, 11) is 0. The smallest absolute Gasteiger partial charge is 0.142 e. The third-order valence-corrected chi connectivity index (χ3v) is 3.72. The minimum Gasteiger partial charge on any atom is -0.316 e. The van der Waals surface area contributed by atoms with Crippen molar-refractivity contribution in [3.8, 4) is 0 Å². The molecule has 2 rings (SSSR count). The molecule has 0 amide bonds. The Morgan fingerprint density at radius 2 is 2.29 bits per heavy atom. The second-order valence-corrected chi connectivity index (χ2v) is 4.92. The van der Waals surface area contributed by atoms with E-state index < -0.39 is 12.0 Å². The lowest BCUT2D eigenvalue weighted by atomic mass is 9.91. The van der Waals surface area contributed by atoms with E-state index in [1.54, 1.807) is 12.1 Å². The molecule has 0 radical (unpaired) electrons. The Kier molecular flexibility index (Phi) is 4.35. The SMILES string of the molecule is Fc1cccc(CC(F)C2CCCNC2)c1Cl. The van der Waals surface area contributed by atoms with E-state index in [0.29, 0.717) is 12.1 Å². The molecule has 4 heteroatoms. The first kappa shape index (κ1) is 12.8. The summed E-state index contributed by atoms with van der Waals surface area (Å²) in [6, 6.07) is 4.55. The summed E-state index contributed by atoms with van der Waals surface area (Å²) < 4.78 is 27.3. The van der Waals surface area contributed by atoms with Crippen molar-refractivity contribution in [2.75, 3.05) is 13.1 Å². The quantitative estimate of drug-likeness (QED) is 0.878. The van der Waals surface area contributed by atoms with Crippen LogP contribution in [0, 0.1) is 11.7 Å². The molecule has 1 nitrogen and oxygen atoms in total. The molecule has 94 valence electrons. The predicted octanol–water partition coefficient (Wildman–Crippen LogP) is 3.36. The molecule has 1 aromatic carbocycles. The zero-order valence-electron chi connectivity index (χ0n) is 9.56. The summed E-state index contributed by atoms with van der Waals surface area (Å²) in [6.07, 6.45) is 1.13. The number of nitrogens with one attached hydrogen (secondary N) is 1. The topological polar surface area (TPSA) is 12.0 Å². The van der Waals surface area contributed by atoms with E-state index in [1.165, 1.54) is 6.07 Å². The van der Waals surface area contributed by atoms with Gasteiger partial charge in [-0.3, -0.25) is 0 Å². The monoisotopic (exact) mass is 259 g/mol. The first-order valence-corrected chi connectivity index (χ1v) is 6.34. The highest BCUT2D eigenvalue weighted by Crippen LogP contribution is 2.26. The molecule has 1 saturated heterocycles. The minimum absolute atomic E-state index is 0.0167. The van der Waals surface area contributed by atoms with Crippen LogP contribution in [-0.4, -0.2) is 19.3 Å². The van der Waals surface area contributed by atoms with E-state index >= 15 is 0 Å². The van der Waals surface area contributed by atoms with Crippen molar-refractivity contribution in [1.82, 2.24) is 5.32 Å². The van der Waals surface area contributed by atoms with Gasteiger partial charge in [0.05, 0.1) is 5.02 Å². The summed E-state index contributed by atoms with van der Waals surface area (Å²) in [5, 5.41) is 3.24. The molecular formula is C13H16ClF2N. The zero-order valence-corrected chi connectivity index (χ0v) is 10.3. The number of hydrogen-bond acceptors (Lipinski definition) is 1. The van der Waals surface area contributed by atoms with Gasteiger partial charge < -0.3 is 5.32 Å². The highest BCUT2D eigenvalue weighted by atomic mass is 35.5. The second kappa shape index (κ2) is 5.78. The van der Waals surface area contributed by atoms with Gasteiger partial charge in [0.2, 0.25) is 0 Å². The Morgan fingerprint density at radius 1 is 1.47 bits per heavy atom. The summed E-state index contributed by atoms with van der Waals surface area (Å²) in [4.78, 5) is 0. The Hall–Kier alpha value is -0.670. The molecule has 1 aromatic rings. The lowest BCUT2D eigenvalue weighted by Gasteiger charge is -2.26. The van der Waals surface area contributed by atoms with E-state index in [2.05, 4.69) is 5.32 Å². The molecule has 0 bridgehead atoms. The van der Waals surface area contributed by atoms with Crippen molar-refractivity contribution in [1.29, 1.82) is 0 Å². The van der Waals surface area contributed by atoms with Gasteiger partial charge in [-0.25, -0.2) is 8.78 Å². The van der Waals surface area contributed by atoms with E-state index in [-0.39, 0.29) is 17.4 Å². The summed E-state index contributed by atoms with van der Waals surface area (Å²) in [5.41, 5.74) is 0.560. The molecule has 0 saturated carbocycles. The predicted molar refractivity (Wildman–Crippen MR) is 65.6 cm³/mol. The number of rotatable bonds is 3. The molecule has 2 unspecified atom stereocenters. The van der Waals surface area contributed by atoms with E-state index in [9.17, 15) is 8.78 Å². The fourth-order valence-electron chi connectivity index (χ4n) is 2.27. The van der Waals surface area contributed by atoms with Crippen molar-refractivity contribution in [3.05, 3.63) is 34.6 Å². The summed E-state index contributed by atoms with van der Waals surface area (Å²) >= 11 is 5.82. The van der Waals surface area contributed by atoms with Gasteiger partial charge in [-0.1, -0.05) is 23.7 Å². The van der Waals surface area contributed by atoms with Crippen molar-refractivity contribution >= 4 is 11.6 Å². The van der Waals surface area contributed by atoms with Gasteiger partial charge >= 0.3 is 0 Å². The molecule has 0 spiro atoms. The van der Waals surface area contributed by atoms with Crippen LogP contribution >= 0.6 is 11.6 Å². The van der Waals surface area contributed by atoms with Crippen LogP contribution in [0.5, 0.6) is 0 Å². The van der Waals surface area contributed by atoms with Gasteiger partial charge in [-0.15, -0.1) is 0 Å². The standard InChI is InChI=1S/C13H16ClF2N/c14-13-9(3-1-5-11(13)15)7-12(16)10-4-2-6-17-8-10/h1,3,5,10,12,17H,2,4,6-8H2. The van der Waals surface area contributed by atoms with Crippen LogP contribution in [0.15, 0.2) is 18.2 Å². The van der Waals surface area contributed by atoms with Gasteiger partial charge in [-0.2, -0.15) is 0 Å². The number of piperidine rings is 1. The summed E-state index contributed by atoms with van der Waals surface area (Å²) in [6.45, 7) is 1.66. The minimum atomic E-state index is -0.956. The molecule has 0 aliphatic carbocycles. The summed E-state index contributed by atoms with van der Waals surface area (Å²) in [5.74, 6) is -0.457.